The van der Waals surface area contributed by atoms with E-state index in [1.165, 1.54) is 17.9 Å². The van der Waals surface area contributed by atoms with E-state index >= 15 is 0 Å². The summed E-state index contributed by atoms with van der Waals surface area (Å²) in [6.45, 7) is 7.23. The Kier molecular flexibility index (Phi) is 6.12. The number of hydrogen-bond acceptors (Lipinski definition) is 4. The van der Waals surface area contributed by atoms with Gasteiger partial charge in [-0.25, -0.2) is 4.79 Å². The highest BCUT2D eigenvalue weighted by Crippen LogP contribution is 2.16. The SMILES string of the molecule is CC(C)(C)OC(=O)NCCCNC1CCSC1. The number of nitrogens with one attached hydrogen (secondary N) is 2. The smallest absolute Gasteiger partial charge is 0.407 e. The molecule has 0 aromatic rings. The molecule has 1 fully saturated rings. The second-order valence-electron chi connectivity index (χ2n) is 5.30. The summed E-state index contributed by atoms with van der Waals surface area (Å²) in [7, 11) is 0. The van der Waals surface area contributed by atoms with Crippen molar-refractivity contribution in [3.8, 4) is 0 Å². The van der Waals surface area contributed by atoms with Crippen LogP contribution in [0.3, 0.4) is 0 Å². The van der Waals surface area contributed by atoms with E-state index in [4.69, 9.17) is 4.74 Å². The lowest BCUT2D eigenvalue weighted by atomic mass is 10.2. The highest BCUT2D eigenvalue weighted by molar-refractivity contribution is 7.99. The molecule has 0 saturated carbocycles. The summed E-state index contributed by atoms with van der Waals surface area (Å²) in [6, 6.07) is 0.668. The number of alkyl carbamates (subject to hydrolysis) is 1. The van der Waals surface area contributed by atoms with Crippen LogP contribution in [-0.4, -0.2) is 42.3 Å². The van der Waals surface area contributed by atoms with Crippen LogP contribution in [0.5, 0.6) is 0 Å². The van der Waals surface area contributed by atoms with Crippen molar-refractivity contribution in [3.05, 3.63) is 0 Å². The van der Waals surface area contributed by atoms with Crippen LogP contribution < -0.4 is 10.6 Å². The summed E-state index contributed by atoms with van der Waals surface area (Å²) in [6.07, 6.45) is 1.89. The zero-order chi connectivity index (χ0) is 12.7. The largest absolute Gasteiger partial charge is 0.444 e. The molecule has 2 N–H and O–H groups in total. The lowest BCUT2D eigenvalue weighted by Crippen LogP contribution is -2.35. The number of ether oxygens (including phenoxy) is 1. The Balaban J connectivity index is 1.94. The monoisotopic (exact) mass is 260 g/mol. The first-order valence-corrected chi connectivity index (χ1v) is 7.41. The Labute approximate surface area is 108 Å². The molecule has 0 radical (unpaired) electrons. The van der Waals surface area contributed by atoms with Gasteiger partial charge in [0.15, 0.2) is 0 Å². The number of carbonyl (C=O) groups excluding carboxylic acids is 1. The van der Waals surface area contributed by atoms with Crippen molar-refractivity contribution in [3.63, 3.8) is 0 Å². The van der Waals surface area contributed by atoms with Gasteiger partial charge in [0.25, 0.3) is 0 Å². The topological polar surface area (TPSA) is 50.4 Å². The first-order chi connectivity index (χ1) is 7.97. The van der Waals surface area contributed by atoms with Gasteiger partial charge >= 0.3 is 6.09 Å². The molecule has 17 heavy (non-hydrogen) atoms. The van der Waals surface area contributed by atoms with Gasteiger partial charge in [0, 0.05) is 18.3 Å². The molecule has 1 atom stereocenters. The van der Waals surface area contributed by atoms with Crippen LogP contribution in [0.2, 0.25) is 0 Å². The lowest BCUT2D eigenvalue weighted by Gasteiger charge is -2.19. The van der Waals surface area contributed by atoms with Crippen LogP contribution in [0, 0.1) is 0 Å². The second kappa shape index (κ2) is 7.11. The van der Waals surface area contributed by atoms with E-state index in [1.54, 1.807) is 0 Å². The second-order valence-corrected chi connectivity index (χ2v) is 6.45. The maximum absolute atomic E-state index is 11.3. The van der Waals surface area contributed by atoms with Crippen LogP contribution in [-0.2, 0) is 4.74 Å². The Morgan fingerprint density at radius 1 is 1.41 bits per heavy atom. The maximum Gasteiger partial charge on any atom is 0.407 e. The summed E-state index contributed by atoms with van der Waals surface area (Å²) in [4.78, 5) is 11.3. The van der Waals surface area contributed by atoms with Gasteiger partial charge in [-0.05, 0) is 45.9 Å². The standard InChI is InChI=1S/C12H24N2O2S/c1-12(2,3)16-11(15)14-7-4-6-13-10-5-8-17-9-10/h10,13H,4-9H2,1-3H3,(H,14,15). The van der Waals surface area contributed by atoms with Crippen LogP contribution in [0.15, 0.2) is 0 Å². The molecule has 1 saturated heterocycles. The number of carbonyl (C=O) groups is 1. The molecular formula is C12H24N2O2S. The van der Waals surface area contributed by atoms with Crippen molar-refractivity contribution in [1.29, 1.82) is 0 Å². The van der Waals surface area contributed by atoms with E-state index in [1.807, 2.05) is 32.5 Å². The molecule has 1 aliphatic rings. The summed E-state index contributed by atoms with van der Waals surface area (Å²) in [5, 5.41) is 6.25. The van der Waals surface area contributed by atoms with Crippen molar-refractivity contribution in [2.75, 3.05) is 24.6 Å². The highest BCUT2D eigenvalue weighted by atomic mass is 32.2. The fourth-order valence-corrected chi connectivity index (χ4v) is 2.78. The Hall–Kier alpha value is -0.420. The van der Waals surface area contributed by atoms with Crippen molar-refractivity contribution in [2.45, 2.75) is 45.3 Å². The van der Waals surface area contributed by atoms with Crippen molar-refractivity contribution < 1.29 is 9.53 Å². The molecule has 0 aliphatic carbocycles. The minimum Gasteiger partial charge on any atom is -0.444 e. The third-order valence-corrected chi connectivity index (χ3v) is 3.55. The number of amides is 1. The molecule has 5 heteroatoms. The average molecular weight is 260 g/mol. The first-order valence-electron chi connectivity index (χ1n) is 6.25. The van der Waals surface area contributed by atoms with E-state index < -0.39 is 5.60 Å². The molecule has 1 amide bonds. The molecule has 0 aromatic carbocycles. The Bertz CT molecular complexity index is 235. The molecule has 1 aliphatic heterocycles. The summed E-state index contributed by atoms with van der Waals surface area (Å²) >= 11 is 2.00. The molecule has 1 heterocycles. The van der Waals surface area contributed by atoms with Gasteiger partial charge in [-0.3, -0.25) is 0 Å². The minimum atomic E-state index is -0.413. The molecule has 0 spiro atoms. The van der Waals surface area contributed by atoms with Crippen molar-refractivity contribution >= 4 is 17.9 Å². The molecule has 0 aromatic heterocycles. The molecule has 1 rings (SSSR count). The van der Waals surface area contributed by atoms with Crippen LogP contribution in [0.4, 0.5) is 4.79 Å². The third-order valence-electron chi connectivity index (χ3n) is 2.38. The van der Waals surface area contributed by atoms with Gasteiger partial charge in [0.2, 0.25) is 0 Å². The number of hydrogen-bond donors (Lipinski definition) is 2. The predicted octanol–water partition coefficient (Wildman–Crippen LogP) is 2.00. The van der Waals surface area contributed by atoms with Gasteiger partial charge in [0.1, 0.15) is 5.60 Å². The molecule has 0 bridgehead atoms. The zero-order valence-corrected chi connectivity index (χ0v) is 11.9. The maximum atomic E-state index is 11.3. The fraction of sp³-hybridized carbons (Fsp3) is 0.917. The number of rotatable bonds is 5. The molecular weight excluding hydrogens is 236 g/mol. The van der Waals surface area contributed by atoms with Crippen molar-refractivity contribution in [1.82, 2.24) is 10.6 Å². The summed E-state index contributed by atoms with van der Waals surface area (Å²) < 4.78 is 5.14. The van der Waals surface area contributed by atoms with Gasteiger partial charge in [-0.1, -0.05) is 0 Å². The Morgan fingerprint density at radius 2 is 2.18 bits per heavy atom. The molecule has 4 nitrogen and oxygen atoms in total. The average Bonchev–Trinajstić information content (AvgIpc) is 2.67. The fourth-order valence-electron chi connectivity index (χ4n) is 1.59. The number of thioether (sulfide) groups is 1. The summed E-state index contributed by atoms with van der Waals surface area (Å²) in [5.74, 6) is 2.49. The summed E-state index contributed by atoms with van der Waals surface area (Å²) in [5.41, 5.74) is -0.413. The predicted molar refractivity (Wildman–Crippen MR) is 72.6 cm³/mol. The van der Waals surface area contributed by atoms with Crippen LogP contribution in [0.25, 0.3) is 0 Å². The van der Waals surface area contributed by atoms with Crippen LogP contribution in [0.1, 0.15) is 33.6 Å². The first kappa shape index (κ1) is 14.6. The van der Waals surface area contributed by atoms with Crippen molar-refractivity contribution in [2.24, 2.45) is 0 Å². The van der Waals surface area contributed by atoms with E-state index in [-0.39, 0.29) is 6.09 Å². The molecule has 100 valence electrons. The highest BCUT2D eigenvalue weighted by Gasteiger charge is 2.16. The normalized spacial score (nSPS) is 20.3. The van der Waals surface area contributed by atoms with E-state index in [0.717, 1.165) is 13.0 Å². The van der Waals surface area contributed by atoms with Gasteiger partial charge in [-0.15, -0.1) is 0 Å². The zero-order valence-electron chi connectivity index (χ0n) is 11.0. The van der Waals surface area contributed by atoms with Gasteiger partial charge in [0.05, 0.1) is 0 Å². The Morgan fingerprint density at radius 3 is 2.76 bits per heavy atom. The van der Waals surface area contributed by atoms with Gasteiger partial charge < -0.3 is 15.4 Å². The minimum absolute atomic E-state index is 0.325. The quantitative estimate of drug-likeness (QED) is 0.742. The van der Waals surface area contributed by atoms with E-state index in [2.05, 4.69) is 10.6 Å². The van der Waals surface area contributed by atoms with Crippen LogP contribution >= 0.6 is 11.8 Å². The van der Waals surface area contributed by atoms with E-state index in [9.17, 15) is 4.79 Å². The molecule has 1 unspecified atom stereocenters. The third kappa shape index (κ3) is 7.49. The lowest BCUT2D eigenvalue weighted by molar-refractivity contribution is 0.0527. The van der Waals surface area contributed by atoms with Gasteiger partial charge in [-0.2, -0.15) is 11.8 Å². The van der Waals surface area contributed by atoms with E-state index in [0.29, 0.717) is 12.6 Å².